The molecule has 7 aromatic carbocycles. The minimum Gasteiger partial charge on any atom is -0.453 e. The standard InChI is InChI=1S/C53H44N2OS/c1-6-12-52-45(7-1)46-26-25-44(33-53(46)57-52)54(42-23-17-39(18-24-42)47-32-36-28-34-27-35(29-36)31-40(47)30-34)41-19-13-37(14-20-41)38-15-21-43(22-16-38)55-48-8-2-4-10-50(48)56-51-11-5-3-9-49(51)55/h1-26,33-36,40,47H,27-32H2/t34?,35?,36?,40?,47-/m0/s1. The second-order valence-corrected chi connectivity index (χ2v) is 18.1. The zero-order valence-electron chi connectivity index (χ0n) is 31.9. The van der Waals surface area contributed by atoms with Crippen LogP contribution in [0.15, 0.2) is 164 Å². The van der Waals surface area contributed by atoms with Crippen LogP contribution in [0.5, 0.6) is 11.5 Å². The molecule has 8 aromatic rings. The van der Waals surface area contributed by atoms with Crippen molar-refractivity contribution in [2.75, 3.05) is 9.80 Å². The maximum atomic E-state index is 6.26. The summed E-state index contributed by atoms with van der Waals surface area (Å²) in [4.78, 5) is 4.75. The number of anilines is 6. The SMILES string of the molecule is c1ccc2c(c1)Oc1ccccc1N2c1ccc(-c2ccc(N(c3ccc([C@@H]4CC5CC6CC(C5)CC4C6)cc3)c3ccc4c(c3)sc3ccccc34)cc2)cc1. The number of ether oxygens (including phenoxy) is 1. The van der Waals surface area contributed by atoms with Crippen LogP contribution in [-0.2, 0) is 0 Å². The molecule has 4 heteroatoms. The van der Waals surface area contributed by atoms with Crippen LogP contribution in [0.3, 0.4) is 0 Å². The smallest absolute Gasteiger partial charge is 0.151 e. The van der Waals surface area contributed by atoms with E-state index >= 15 is 0 Å². The number of thiophene rings is 1. The first-order chi connectivity index (χ1) is 28.2. The highest BCUT2D eigenvalue weighted by molar-refractivity contribution is 7.25. The molecule has 2 heterocycles. The lowest BCUT2D eigenvalue weighted by atomic mass is 9.67. The average molecular weight is 757 g/mol. The molecule has 4 fully saturated rings. The molecule has 0 saturated heterocycles. The number of fused-ring (bicyclic) bond motifs is 6. The second kappa shape index (κ2) is 13.4. The van der Waals surface area contributed by atoms with Crippen molar-refractivity contribution in [2.24, 2.45) is 23.7 Å². The van der Waals surface area contributed by atoms with Gasteiger partial charge in [-0.25, -0.2) is 0 Å². The monoisotopic (exact) mass is 756 g/mol. The number of benzene rings is 7. The van der Waals surface area contributed by atoms with Gasteiger partial charge in [0.05, 0.1) is 11.4 Å². The molecule has 2 unspecified atom stereocenters. The molecule has 0 spiro atoms. The van der Waals surface area contributed by atoms with Gasteiger partial charge in [0.1, 0.15) is 0 Å². The van der Waals surface area contributed by atoms with Crippen molar-refractivity contribution >= 4 is 65.6 Å². The van der Waals surface area contributed by atoms with Gasteiger partial charge in [-0.3, -0.25) is 0 Å². The van der Waals surface area contributed by atoms with Gasteiger partial charge in [-0.1, -0.05) is 84.9 Å². The summed E-state index contributed by atoms with van der Waals surface area (Å²) in [5.74, 6) is 6.20. The zero-order valence-corrected chi connectivity index (χ0v) is 32.7. The fraction of sp³-hybridized carbons (Fsp3) is 0.208. The van der Waals surface area contributed by atoms with E-state index in [0.29, 0.717) is 5.92 Å². The summed E-state index contributed by atoms with van der Waals surface area (Å²) in [7, 11) is 0. The van der Waals surface area contributed by atoms with E-state index in [1.165, 1.54) is 81.2 Å². The van der Waals surface area contributed by atoms with Crippen LogP contribution in [0.1, 0.15) is 50.0 Å². The van der Waals surface area contributed by atoms with Crippen molar-refractivity contribution in [1.29, 1.82) is 0 Å². The molecule has 1 aliphatic heterocycles. The summed E-state index contributed by atoms with van der Waals surface area (Å²) in [6, 6.07) is 60.1. The summed E-state index contributed by atoms with van der Waals surface area (Å²) in [5, 5.41) is 2.67. The minimum absolute atomic E-state index is 0.709. The van der Waals surface area contributed by atoms with Crippen LogP contribution >= 0.6 is 11.3 Å². The Hall–Kier alpha value is -5.84. The van der Waals surface area contributed by atoms with Gasteiger partial charge >= 0.3 is 0 Å². The topological polar surface area (TPSA) is 15.7 Å². The Morgan fingerprint density at radius 1 is 0.474 bits per heavy atom. The number of hydrogen-bond acceptors (Lipinski definition) is 4. The third-order valence-electron chi connectivity index (χ3n) is 13.6. The highest BCUT2D eigenvalue weighted by Crippen LogP contribution is 2.56. The fourth-order valence-corrected chi connectivity index (χ4v) is 12.4. The van der Waals surface area contributed by atoms with Crippen LogP contribution in [0.2, 0.25) is 0 Å². The van der Waals surface area contributed by atoms with Crippen molar-refractivity contribution in [3.8, 4) is 22.6 Å². The second-order valence-electron chi connectivity index (χ2n) is 17.1. The molecule has 5 aliphatic rings. The van der Waals surface area contributed by atoms with Crippen LogP contribution in [0.4, 0.5) is 34.1 Å². The molecule has 3 atom stereocenters. The van der Waals surface area contributed by atoms with Gasteiger partial charge in [0.2, 0.25) is 0 Å². The molecule has 13 rings (SSSR count). The largest absolute Gasteiger partial charge is 0.453 e. The summed E-state index contributed by atoms with van der Waals surface area (Å²) in [6.45, 7) is 0. The van der Waals surface area contributed by atoms with E-state index in [2.05, 4.69) is 149 Å². The van der Waals surface area contributed by atoms with Crippen molar-refractivity contribution in [3.05, 3.63) is 169 Å². The highest BCUT2D eigenvalue weighted by Gasteiger charge is 2.44. The number of hydrogen-bond donors (Lipinski definition) is 0. The molecule has 0 amide bonds. The van der Waals surface area contributed by atoms with E-state index < -0.39 is 0 Å². The summed E-state index contributed by atoms with van der Waals surface area (Å²) < 4.78 is 8.92. The van der Waals surface area contributed by atoms with Crippen LogP contribution in [0, 0.1) is 23.7 Å². The summed E-state index contributed by atoms with van der Waals surface area (Å²) in [6.07, 6.45) is 8.74. The van der Waals surface area contributed by atoms with Crippen LogP contribution in [0.25, 0.3) is 31.3 Å². The number of nitrogens with zero attached hydrogens (tertiary/aromatic N) is 2. The zero-order chi connectivity index (χ0) is 37.5. The third kappa shape index (κ3) is 5.76. The normalized spacial score (nSPS) is 21.9. The molecule has 0 radical (unpaired) electrons. The number of para-hydroxylation sites is 4. The molecule has 57 heavy (non-hydrogen) atoms. The van der Waals surface area contributed by atoms with E-state index in [1.54, 1.807) is 5.56 Å². The summed E-state index contributed by atoms with van der Waals surface area (Å²) >= 11 is 1.89. The quantitative estimate of drug-likeness (QED) is 0.168. The lowest BCUT2D eigenvalue weighted by Gasteiger charge is -2.39. The van der Waals surface area contributed by atoms with Gasteiger partial charge in [-0.15, -0.1) is 11.3 Å². The van der Waals surface area contributed by atoms with Crippen molar-refractivity contribution in [2.45, 2.75) is 44.4 Å². The maximum Gasteiger partial charge on any atom is 0.151 e. The molecular weight excluding hydrogens is 713 g/mol. The van der Waals surface area contributed by atoms with E-state index in [1.807, 2.05) is 35.6 Å². The maximum absolute atomic E-state index is 6.26. The predicted octanol–water partition coefficient (Wildman–Crippen LogP) is 15.7. The highest BCUT2D eigenvalue weighted by atomic mass is 32.1. The van der Waals surface area contributed by atoms with E-state index in [9.17, 15) is 0 Å². The Bertz CT molecular complexity index is 2710. The minimum atomic E-state index is 0.709. The lowest BCUT2D eigenvalue weighted by Crippen LogP contribution is -2.27. The van der Waals surface area contributed by atoms with Gasteiger partial charge in [-0.2, -0.15) is 0 Å². The van der Waals surface area contributed by atoms with Gasteiger partial charge < -0.3 is 14.5 Å². The molecule has 3 nitrogen and oxygen atoms in total. The molecule has 278 valence electrons. The van der Waals surface area contributed by atoms with Gasteiger partial charge in [0, 0.05) is 42.9 Å². The molecular formula is C53H44N2OS. The first-order valence-corrected chi connectivity index (χ1v) is 21.7. The van der Waals surface area contributed by atoms with Gasteiger partial charge in [0.15, 0.2) is 11.5 Å². The van der Waals surface area contributed by atoms with Crippen molar-refractivity contribution in [1.82, 2.24) is 0 Å². The molecule has 4 bridgehead atoms. The van der Waals surface area contributed by atoms with Crippen molar-refractivity contribution < 1.29 is 4.74 Å². The van der Waals surface area contributed by atoms with Crippen molar-refractivity contribution in [3.63, 3.8) is 0 Å². The van der Waals surface area contributed by atoms with Crippen LogP contribution in [-0.4, -0.2) is 0 Å². The van der Waals surface area contributed by atoms with E-state index in [4.69, 9.17) is 4.74 Å². The molecule has 0 N–H and O–H groups in total. The van der Waals surface area contributed by atoms with Gasteiger partial charge in [0.25, 0.3) is 0 Å². The predicted molar refractivity (Wildman–Crippen MR) is 239 cm³/mol. The summed E-state index contributed by atoms with van der Waals surface area (Å²) in [5.41, 5.74) is 10.7. The molecule has 1 aromatic heterocycles. The third-order valence-corrected chi connectivity index (χ3v) is 14.8. The molecule has 4 aliphatic carbocycles. The Labute approximate surface area is 338 Å². The lowest BCUT2D eigenvalue weighted by molar-refractivity contribution is 0.131. The Morgan fingerprint density at radius 3 is 1.70 bits per heavy atom. The Balaban J connectivity index is 0.885. The van der Waals surface area contributed by atoms with E-state index in [0.717, 1.165) is 57.9 Å². The van der Waals surface area contributed by atoms with E-state index in [-0.39, 0.29) is 0 Å². The Morgan fingerprint density at radius 2 is 1.02 bits per heavy atom. The average Bonchev–Trinajstić information content (AvgIpc) is 3.51. The van der Waals surface area contributed by atoms with Gasteiger partial charge in [-0.05, 0) is 164 Å². The number of rotatable bonds is 6. The first-order valence-electron chi connectivity index (χ1n) is 20.9. The Kier molecular flexibility index (Phi) is 7.82. The molecule has 4 saturated carbocycles. The fourth-order valence-electron chi connectivity index (χ4n) is 11.3. The first kappa shape index (κ1) is 33.3. The van der Waals surface area contributed by atoms with Crippen LogP contribution < -0.4 is 14.5 Å².